The molecular formula is H3BBr2CaO3. The van der Waals surface area contributed by atoms with Crippen LogP contribution in [0.5, 0.6) is 0 Å². The van der Waals surface area contributed by atoms with E-state index in [0.717, 1.165) is 0 Å². The summed E-state index contributed by atoms with van der Waals surface area (Å²) in [7, 11) is -2.17. The van der Waals surface area contributed by atoms with Gasteiger partial charge < -0.3 is 49.0 Å². The summed E-state index contributed by atoms with van der Waals surface area (Å²) in [5.74, 6) is 0. The topological polar surface area (TPSA) is 60.7 Å². The molecule has 0 aliphatic carbocycles. The smallest absolute Gasteiger partial charge is 1.00 e. The van der Waals surface area contributed by atoms with Crippen LogP contribution in [0.1, 0.15) is 0 Å². The molecule has 0 spiro atoms. The van der Waals surface area contributed by atoms with Gasteiger partial charge >= 0.3 is 45.1 Å². The molecule has 0 atom stereocenters. The van der Waals surface area contributed by atoms with Crippen molar-refractivity contribution in [2.45, 2.75) is 0 Å². The molecule has 40 valence electrons. The molecule has 0 aromatic rings. The molecule has 0 aliphatic heterocycles. The third-order valence-electron chi connectivity index (χ3n) is 0. The Kier molecular flexibility index (Phi) is 51.4. The number of hydrogen-bond donors (Lipinski definition) is 3. The third-order valence-corrected chi connectivity index (χ3v) is 0. The van der Waals surface area contributed by atoms with Crippen molar-refractivity contribution < 1.29 is 49.0 Å². The first-order valence-corrected chi connectivity index (χ1v) is 0.775. The molecule has 3 nitrogen and oxygen atoms in total. The van der Waals surface area contributed by atoms with Gasteiger partial charge in [-0.05, 0) is 0 Å². The van der Waals surface area contributed by atoms with Crippen LogP contribution < -0.4 is 34.0 Å². The summed E-state index contributed by atoms with van der Waals surface area (Å²) in [6, 6.07) is 0. The molecule has 0 fully saturated rings. The molecule has 0 aromatic carbocycles. The number of hydrogen-bond acceptors (Lipinski definition) is 3. The second kappa shape index (κ2) is 15.7. The summed E-state index contributed by atoms with van der Waals surface area (Å²) in [5, 5.41) is 21.5. The minimum atomic E-state index is -2.17. The van der Waals surface area contributed by atoms with Crippen molar-refractivity contribution in [1.29, 1.82) is 0 Å². The van der Waals surface area contributed by atoms with Gasteiger partial charge in [0.05, 0.1) is 0 Å². The minimum absolute atomic E-state index is 0. The van der Waals surface area contributed by atoms with E-state index in [-0.39, 0.29) is 71.7 Å². The summed E-state index contributed by atoms with van der Waals surface area (Å²) < 4.78 is 0. The van der Waals surface area contributed by atoms with Gasteiger partial charge in [0, 0.05) is 0 Å². The summed E-state index contributed by atoms with van der Waals surface area (Å²) in [5.41, 5.74) is 0. The molecule has 7 heteroatoms. The van der Waals surface area contributed by atoms with E-state index < -0.39 is 7.32 Å². The van der Waals surface area contributed by atoms with Gasteiger partial charge in [-0.1, -0.05) is 0 Å². The Morgan fingerprint density at radius 2 is 0.857 bits per heavy atom. The Morgan fingerprint density at radius 3 is 0.857 bits per heavy atom. The van der Waals surface area contributed by atoms with Crippen LogP contribution in [0, 0.1) is 0 Å². The van der Waals surface area contributed by atoms with Crippen molar-refractivity contribution in [3.05, 3.63) is 0 Å². The second-order valence-corrected chi connectivity index (χ2v) is 0.346. The van der Waals surface area contributed by atoms with Crippen LogP contribution in [0.3, 0.4) is 0 Å². The number of halogens is 2. The molecule has 0 amide bonds. The Balaban J connectivity index is -0.0000000150. The van der Waals surface area contributed by atoms with Crippen LogP contribution in [-0.4, -0.2) is 60.1 Å². The molecule has 3 N–H and O–H groups in total. The largest absolute Gasteiger partial charge is 2.00 e. The van der Waals surface area contributed by atoms with Gasteiger partial charge in [0.1, 0.15) is 0 Å². The van der Waals surface area contributed by atoms with Crippen molar-refractivity contribution in [3.63, 3.8) is 0 Å². The molecule has 0 saturated heterocycles. The van der Waals surface area contributed by atoms with Crippen LogP contribution >= 0.6 is 0 Å². The standard InChI is InChI=1S/BH3O3.2BrH.Ca/c2-1(3)4;;;/h2-4H;2*1H;/q;;;+2/p-2. The van der Waals surface area contributed by atoms with Crippen molar-refractivity contribution in [2.24, 2.45) is 0 Å². The first-order chi connectivity index (χ1) is 1.73. The van der Waals surface area contributed by atoms with Crippen molar-refractivity contribution in [2.75, 3.05) is 0 Å². The van der Waals surface area contributed by atoms with E-state index >= 15 is 0 Å². The maximum atomic E-state index is 7.17. The van der Waals surface area contributed by atoms with Gasteiger partial charge in [0.25, 0.3) is 0 Å². The molecule has 0 aliphatic rings. The molecule has 0 rings (SSSR count). The zero-order chi connectivity index (χ0) is 3.58. The quantitative estimate of drug-likeness (QED) is 0.380. The van der Waals surface area contributed by atoms with E-state index in [1.165, 1.54) is 0 Å². The van der Waals surface area contributed by atoms with Crippen LogP contribution in [0.4, 0.5) is 0 Å². The van der Waals surface area contributed by atoms with E-state index in [0.29, 0.717) is 0 Å². The summed E-state index contributed by atoms with van der Waals surface area (Å²) in [6.07, 6.45) is 0. The molecule has 7 heavy (non-hydrogen) atoms. The SMILES string of the molecule is OB(O)O.[Br-].[Br-].[Ca+2]. The van der Waals surface area contributed by atoms with Crippen LogP contribution in [-0.2, 0) is 0 Å². The maximum absolute atomic E-state index is 7.17. The summed E-state index contributed by atoms with van der Waals surface area (Å²) in [4.78, 5) is 0. The minimum Gasteiger partial charge on any atom is -1.00 e. The molecule has 0 unspecified atom stereocenters. The van der Waals surface area contributed by atoms with Crippen LogP contribution in [0.25, 0.3) is 0 Å². The zero-order valence-electron chi connectivity index (χ0n) is 3.38. The Labute approximate surface area is 92.8 Å². The van der Waals surface area contributed by atoms with Crippen molar-refractivity contribution in [1.82, 2.24) is 0 Å². The van der Waals surface area contributed by atoms with E-state index in [9.17, 15) is 0 Å². The summed E-state index contributed by atoms with van der Waals surface area (Å²) >= 11 is 0. The van der Waals surface area contributed by atoms with Crippen LogP contribution in [0.15, 0.2) is 0 Å². The predicted molar refractivity (Wildman–Crippen MR) is 18.2 cm³/mol. The zero-order valence-corrected chi connectivity index (χ0v) is 8.76. The molecular weight excluding hydrogens is 259 g/mol. The van der Waals surface area contributed by atoms with Crippen molar-refractivity contribution in [3.8, 4) is 0 Å². The predicted octanol–water partition coefficient (Wildman–Crippen LogP) is -8.42. The van der Waals surface area contributed by atoms with Gasteiger partial charge in [-0.2, -0.15) is 0 Å². The Hall–Kier alpha value is 2.16. The first-order valence-electron chi connectivity index (χ1n) is 0.775. The fourth-order valence-electron chi connectivity index (χ4n) is 0. The Morgan fingerprint density at radius 1 is 0.857 bits per heavy atom. The van der Waals surface area contributed by atoms with Gasteiger partial charge in [-0.25, -0.2) is 0 Å². The normalized spacial score (nSPS) is 3.86. The molecule has 0 heterocycles. The van der Waals surface area contributed by atoms with Gasteiger partial charge in [-0.15, -0.1) is 0 Å². The van der Waals surface area contributed by atoms with Crippen LogP contribution in [0.2, 0.25) is 0 Å². The molecule has 0 aromatic heterocycles. The number of rotatable bonds is 0. The fourth-order valence-corrected chi connectivity index (χ4v) is 0. The van der Waals surface area contributed by atoms with Gasteiger partial charge in [-0.3, -0.25) is 0 Å². The monoisotopic (exact) mass is 260 g/mol. The fraction of sp³-hybridized carbons (Fsp3) is 0. The first kappa shape index (κ1) is 22.9. The third kappa shape index (κ3) is 66.2. The maximum Gasteiger partial charge on any atom is 2.00 e. The molecule has 0 bridgehead atoms. The van der Waals surface area contributed by atoms with Gasteiger partial charge in [0.15, 0.2) is 0 Å². The second-order valence-electron chi connectivity index (χ2n) is 0.346. The van der Waals surface area contributed by atoms with Crippen molar-refractivity contribution >= 4 is 45.1 Å². The van der Waals surface area contributed by atoms with E-state index in [4.69, 9.17) is 15.1 Å². The Bertz CT molecular complexity index is 17.7. The molecule has 0 saturated carbocycles. The average Bonchev–Trinajstić information content (AvgIpc) is 0.811. The van der Waals surface area contributed by atoms with E-state index in [1.807, 2.05) is 0 Å². The van der Waals surface area contributed by atoms with E-state index in [2.05, 4.69) is 0 Å². The van der Waals surface area contributed by atoms with Gasteiger partial charge in [0.2, 0.25) is 0 Å². The molecule has 0 radical (unpaired) electrons. The van der Waals surface area contributed by atoms with E-state index in [1.54, 1.807) is 0 Å². The summed E-state index contributed by atoms with van der Waals surface area (Å²) in [6.45, 7) is 0. The average molecular weight is 262 g/mol.